The summed E-state index contributed by atoms with van der Waals surface area (Å²) in [7, 11) is 0. The predicted molar refractivity (Wildman–Crippen MR) is 65.4 cm³/mol. The number of anilines is 2. The van der Waals surface area contributed by atoms with Crippen LogP contribution in [-0.2, 0) is 9.59 Å². The van der Waals surface area contributed by atoms with Gasteiger partial charge in [0.2, 0.25) is 11.8 Å². The lowest BCUT2D eigenvalue weighted by Crippen LogP contribution is -2.47. The zero-order valence-electron chi connectivity index (χ0n) is 9.62. The summed E-state index contributed by atoms with van der Waals surface area (Å²) >= 11 is 0. The molecular formula is C12H15N3O2. The lowest BCUT2D eigenvalue weighted by Gasteiger charge is -2.23. The fourth-order valence-corrected chi connectivity index (χ4v) is 1.81. The van der Waals surface area contributed by atoms with E-state index in [4.69, 9.17) is 5.73 Å². The molecule has 2 rings (SSSR count). The van der Waals surface area contributed by atoms with Gasteiger partial charge in [-0.15, -0.1) is 0 Å². The molecule has 1 atom stereocenters. The second-order valence-electron chi connectivity index (χ2n) is 4.24. The minimum Gasteiger partial charge on any atom is -0.397 e. The minimum absolute atomic E-state index is 0.217. The first-order valence-electron chi connectivity index (χ1n) is 5.52. The van der Waals surface area contributed by atoms with E-state index in [1.807, 2.05) is 19.1 Å². The van der Waals surface area contributed by atoms with Gasteiger partial charge in [-0.2, -0.15) is 0 Å². The summed E-state index contributed by atoms with van der Waals surface area (Å²) in [6, 6.07) is 5.20. The largest absolute Gasteiger partial charge is 0.397 e. The Morgan fingerprint density at radius 3 is 2.88 bits per heavy atom. The molecule has 0 bridgehead atoms. The Morgan fingerprint density at radius 2 is 2.18 bits per heavy atom. The molecule has 1 aromatic carbocycles. The fraction of sp³-hybridized carbons (Fsp3) is 0.333. The van der Waals surface area contributed by atoms with E-state index in [9.17, 15) is 9.59 Å². The van der Waals surface area contributed by atoms with Crippen molar-refractivity contribution < 1.29 is 9.59 Å². The first kappa shape index (κ1) is 11.4. The van der Waals surface area contributed by atoms with Crippen LogP contribution in [0.2, 0.25) is 0 Å². The average Bonchev–Trinajstić information content (AvgIpc) is 2.27. The van der Waals surface area contributed by atoms with Crippen molar-refractivity contribution in [3.63, 3.8) is 0 Å². The standard InChI is InChI=1S/C12H15N3O2/c1-7-2-3-8(13)10(6-7)14-9-4-5-11(16)15-12(9)17/h2-3,6,9,14H,4-5,13H2,1H3,(H,15,16,17). The monoisotopic (exact) mass is 233 g/mol. The molecule has 1 heterocycles. The molecule has 17 heavy (non-hydrogen) atoms. The fourth-order valence-electron chi connectivity index (χ4n) is 1.81. The number of nitrogen functional groups attached to an aromatic ring is 1. The quantitative estimate of drug-likeness (QED) is 0.521. The number of piperidine rings is 1. The molecule has 1 aromatic rings. The molecule has 0 spiro atoms. The van der Waals surface area contributed by atoms with Gasteiger partial charge in [-0.3, -0.25) is 14.9 Å². The third-order valence-electron chi connectivity index (χ3n) is 2.78. The Balaban J connectivity index is 2.13. The predicted octanol–water partition coefficient (Wildman–Crippen LogP) is 0.794. The van der Waals surface area contributed by atoms with Gasteiger partial charge < -0.3 is 11.1 Å². The van der Waals surface area contributed by atoms with E-state index in [1.54, 1.807) is 6.07 Å². The van der Waals surface area contributed by atoms with Crippen LogP contribution in [0, 0.1) is 6.92 Å². The molecule has 0 saturated carbocycles. The van der Waals surface area contributed by atoms with Crippen molar-refractivity contribution in [3.8, 4) is 0 Å². The van der Waals surface area contributed by atoms with E-state index >= 15 is 0 Å². The lowest BCUT2D eigenvalue weighted by atomic mass is 10.1. The second-order valence-corrected chi connectivity index (χ2v) is 4.24. The third-order valence-corrected chi connectivity index (χ3v) is 2.78. The van der Waals surface area contributed by atoms with Crippen molar-refractivity contribution in [2.24, 2.45) is 0 Å². The van der Waals surface area contributed by atoms with Crippen LogP contribution in [-0.4, -0.2) is 17.9 Å². The maximum atomic E-state index is 11.6. The summed E-state index contributed by atoms with van der Waals surface area (Å²) in [5.41, 5.74) is 8.22. The van der Waals surface area contributed by atoms with Gasteiger partial charge in [0.05, 0.1) is 11.4 Å². The number of carbonyl (C=O) groups is 2. The first-order chi connectivity index (χ1) is 8.06. The Bertz CT molecular complexity index is 471. The molecule has 0 radical (unpaired) electrons. The molecule has 1 aliphatic heterocycles. The van der Waals surface area contributed by atoms with Crippen molar-refractivity contribution in [1.29, 1.82) is 0 Å². The number of hydrogen-bond acceptors (Lipinski definition) is 4. The van der Waals surface area contributed by atoms with Gasteiger partial charge in [0, 0.05) is 6.42 Å². The summed E-state index contributed by atoms with van der Waals surface area (Å²) in [6.07, 6.45) is 0.854. The van der Waals surface area contributed by atoms with Crippen molar-refractivity contribution in [3.05, 3.63) is 23.8 Å². The Hall–Kier alpha value is -2.04. The number of hydrogen-bond donors (Lipinski definition) is 3. The Labute approximate surface area is 99.4 Å². The highest BCUT2D eigenvalue weighted by Gasteiger charge is 2.26. The molecule has 0 aliphatic carbocycles. The Kier molecular flexibility index (Phi) is 2.99. The zero-order chi connectivity index (χ0) is 12.4. The van der Waals surface area contributed by atoms with Crippen molar-refractivity contribution in [1.82, 2.24) is 5.32 Å². The van der Waals surface area contributed by atoms with Crippen molar-refractivity contribution in [2.45, 2.75) is 25.8 Å². The van der Waals surface area contributed by atoms with Gasteiger partial charge in [-0.1, -0.05) is 6.07 Å². The number of nitrogens with two attached hydrogens (primary N) is 1. The van der Waals surface area contributed by atoms with Crippen LogP contribution in [0.3, 0.4) is 0 Å². The number of benzene rings is 1. The highest BCUT2D eigenvalue weighted by atomic mass is 16.2. The van der Waals surface area contributed by atoms with Crippen molar-refractivity contribution >= 4 is 23.2 Å². The van der Waals surface area contributed by atoms with E-state index in [-0.39, 0.29) is 11.8 Å². The normalized spacial score (nSPS) is 19.9. The van der Waals surface area contributed by atoms with E-state index in [1.165, 1.54) is 0 Å². The van der Waals surface area contributed by atoms with Gasteiger partial charge in [0.15, 0.2) is 0 Å². The molecule has 1 fully saturated rings. The molecule has 1 unspecified atom stereocenters. The SMILES string of the molecule is Cc1ccc(N)c(NC2CCC(=O)NC2=O)c1. The molecule has 1 saturated heterocycles. The zero-order valence-corrected chi connectivity index (χ0v) is 9.62. The number of carbonyl (C=O) groups excluding carboxylic acids is 2. The molecule has 4 N–H and O–H groups in total. The van der Waals surface area contributed by atoms with E-state index < -0.39 is 6.04 Å². The maximum Gasteiger partial charge on any atom is 0.249 e. The first-order valence-corrected chi connectivity index (χ1v) is 5.52. The number of imide groups is 1. The van der Waals surface area contributed by atoms with Crippen LogP contribution in [0.15, 0.2) is 18.2 Å². The molecular weight excluding hydrogens is 218 g/mol. The molecule has 5 nitrogen and oxygen atoms in total. The van der Waals surface area contributed by atoms with Gasteiger partial charge in [0.1, 0.15) is 6.04 Å². The minimum atomic E-state index is -0.392. The third kappa shape index (κ3) is 2.55. The number of rotatable bonds is 2. The number of nitrogens with one attached hydrogen (secondary N) is 2. The van der Waals surface area contributed by atoms with Crippen LogP contribution in [0.4, 0.5) is 11.4 Å². The highest BCUT2D eigenvalue weighted by Crippen LogP contribution is 2.22. The summed E-state index contributed by atoms with van der Waals surface area (Å²) in [4.78, 5) is 22.6. The van der Waals surface area contributed by atoms with E-state index in [2.05, 4.69) is 10.6 Å². The topological polar surface area (TPSA) is 84.2 Å². The molecule has 0 aromatic heterocycles. The van der Waals surface area contributed by atoms with Gasteiger partial charge in [0.25, 0.3) is 0 Å². The second kappa shape index (κ2) is 4.45. The van der Waals surface area contributed by atoms with Crippen LogP contribution < -0.4 is 16.4 Å². The van der Waals surface area contributed by atoms with Crippen molar-refractivity contribution in [2.75, 3.05) is 11.1 Å². The van der Waals surface area contributed by atoms with Gasteiger partial charge in [-0.25, -0.2) is 0 Å². The summed E-state index contributed by atoms with van der Waals surface area (Å²) in [6.45, 7) is 1.95. The lowest BCUT2D eigenvalue weighted by molar-refractivity contribution is -0.133. The van der Waals surface area contributed by atoms with E-state index in [0.717, 1.165) is 11.3 Å². The van der Waals surface area contributed by atoms with Crippen LogP contribution in [0.25, 0.3) is 0 Å². The van der Waals surface area contributed by atoms with Crippen LogP contribution in [0.1, 0.15) is 18.4 Å². The highest BCUT2D eigenvalue weighted by molar-refractivity contribution is 6.01. The summed E-state index contributed by atoms with van der Waals surface area (Å²) < 4.78 is 0. The Morgan fingerprint density at radius 1 is 1.41 bits per heavy atom. The molecule has 5 heteroatoms. The van der Waals surface area contributed by atoms with Crippen LogP contribution in [0.5, 0.6) is 0 Å². The van der Waals surface area contributed by atoms with E-state index in [0.29, 0.717) is 18.5 Å². The summed E-state index contributed by atoms with van der Waals surface area (Å²) in [5, 5.41) is 5.37. The average molecular weight is 233 g/mol. The van der Waals surface area contributed by atoms with Crippen LogP contribution >= 0.6 is 0 Å². The van der Waals surface area contributed by atoms with Gasteiger partial charge in [-0.05, 0) is 31.0 Å². The maximum absolute atomic E-state index is 11.6. The summed E-state index contributed by atoms with van der Waals surface area (Å²) in [5.74, 6) is -0.507. The smallest absolute Gasteiger partial charge is 0.249 e. The number of aryl methyl sites for hydroxylation is 1. The molecule has 90 valence electrons. The molecule has 2 amide bonds. The molecule has 1 aliphatic rings. The van der Waals surface area contributed by atoms with Gasteiger partial charge >= 0.3 is 0 Å². The number of amides is 2.